The third-order valence-electron chi connectivity index (χ3n) is 3.96. The number of hydrogen-bond donors (Lipinski definition) is 3. The standard InChI is InChI=1S/C19H15F3N6O4/c1-11-2-4-12(5-3-11)18(29)27-26-17-15(28(30)31)16(23-10-24-17)25-13-6-8-14(9-7-13)32-19(20,21)22/h2-10H,1H3,(H,27,29)(H2,23,24,25,26). The van der Waals surface area contributed by atoms with E-state index in [0.717, 1.165) is 24.0 Å². The van der Waals surface area contributed by atoms with Gasteiger partial charge in [-0.05, 0) is 43.3 Å². The number of hydrogen-bond acceptors (Lipinski definition) is 8. The summed E-state index contributed by atoms with van der Waals surface area (Å²) in [5.41, 5.74) is 5.59. The zero-order valence-electron chi connectivity index (χ0n) is 16.3. The van der Waals surface area contributed by atoms with E-state index < -0.39 is 28.6 Å². The minimum Gasteiger partial charge on any atom is -0.406 e. The second-order valence-corrected chi connectivity index (χ2v) is 6.32. The highest BCUT2D eigenvalue weighted by Gasteiger charge is 2.31. The lowest BCUT2D eigenvalue weighted by Crippen LogP contribution is -2.30. The van der Waals surface area contributed by atoms with Crippen LogP contribution in [0.3, 0.4) is 0 Å². The van der Waals surface area contributed by atoms with Crippen LogP contribution in [-0.2, 0) is 0 Å². The van der Waals surface area contributed by atoms with Crippen LogP contribution >= 0.6 is 0 Å². The van der Waals surface area contributed by atoms with Gasteiger partial charge in [0.05, 0.1) is 4.92 Å². The van der Waals surface area contributed by atoms with Gasteiger partial charge in [-0.3, -0.25) is 25.8 Å². The molecule has 0 aliphatic rings. The number of halogens is 3. The van der Waals surface area contributed by atoms with Crippen molar-refractivity contribution in [3.8, 4) is 5.75 Å². The minimum atomic E-state index is -4.84. The van der Waals surface area contributed by atoms with Gasteiger partial charge in [0.2, 0.25) is 11.6 Å². The van der Waals surface area contributed by atoms with Crippen LogP contribution in [0.5, 0.6) is 5.75 Å². The molecule has 166 valence electrons. The van der Waals surface area contributed by atoms with Crippen LogP contribution < -0.4 is 20.9 Å². The molecule has 0 radical (unpaired) electrons. The van der Waals surface area contributed by atoms with Crippen molar-refractivity contribution in [2.45, 2.75) is 13.3 Å². The van der Waals surface area contributed by atoms with Gasteiger partial charge >= 0.3 is 12.0 Å². The number of ether oxygens (including phenoxy) is 1. The Labute approximate surface area is 178 Å². The third kappa shape index (κ3) is 5.81. The van der Waals surface area contributed by atoms with Gasteiger partial charge in [0.15, 0.2) is 0 Å². The van der Waals surface area contributed by atoms with Gasteiger partial charge in [-0.25, -0.2) is 9.97 Å². The van der Waals surface area contributed by atoms with Crippen LogP contribution in [0.15, 0.2) is 54.9 Å². The molecule has 0 spiro atoms. The van der Waals surface area contributed by atoms with E-state index in [0.29, 0.717) is 5.56 Å². The van der Waals surface area contributed by atoms with Crippen molar-refractivity contribution < 1.29 is 27.6 Å². The van der Waals surface area contributed by atoms with Crippen molar-refractivity contribution in [3.05, 3.63) is 76.1 Å². The van der Waals surface area contributed by atoms with E-state index in [1.807, 2.05) is 6.92 Å². The molecule has 13 heteroatoms. The summed E-state index contributed by atoms with van der Waals surface area (Å²) in [6, 6.07) is 11.1. The number of carbonyl (C=O) groups excluding carboxylic acids is 1. The zero-order chi connectivity index (χ0) is 23.3. The molecule has 1 amide bonds. The number of alkyl halides is 3. The third-order valence-corrected chi connectivity index (χ3v) is 3.96. The fraction of sp³-hybridized carbons (Fsp3) is 0.105. The van der Waals surface area contributed by atoms with Crippen LogP contribution in [0.4, 0.5) is 36.2 Å². The summed E-state index contributed by atoms with van der Waals surface area (Å²) in [6.07, 6.45) is -3.83. The zero-order valence-corrected chi connectivity index (χ0v) is 16.3. The molecule has 3 N–H and O–H groups in total. The molecule has 0 unspecified atom stereocenters. The van der Waals surface area contributed by atoms with E-state index in [4.69, 9.17) is 0 Å². The summed E-state index contributed by atoms with van der Waals surface area (Å²) in [4.78, 5) is 30.6. The number of anilines is 3. The summed E-state index contributed by atoms with van der Waals surface area (Å²) >= 11 is 0. The predicted molar refractivity (Wildman–Crippen MR) is 107 cm³/mol. The molecule has 0 saturated heterocycles. The normalized spacial score (nSPS) is 10.9. The maximum atomic E-state index is 12.3. The van der Waals surface area contributed by atoms with Gasteiger partial charge < -0.3 is 10.1 Å². The van der Waals surface area contributed by atoms with Gasteiger partial charge in [0, 0.05) is 11.3 Å². The Kier molecular flexibility index (Phi) is 6.37. The first-order valence-corrected chi connectivity index (χ1v) is 8.87. The number of rotatable bonds is 7. The fourth-order valence-electron chi connectivity index (χ4n) is 2.50. The second-order valence-electron chi connectivity index (χ2n) is 6.32. The number of aryl methyl sites for hydroxylation is 1. The number of aromatic nitrogens is 2. The minimum absolute atomic E-state index is 0.205. The lowest BCUT2D eigenvalue weighted by atomic mass is 10.1. The number of nitrogens with zero attached hydrogens (tertiary/aromatic N) is 3. The largest absolute Gasteiger partial charge is 0.573 e. The Bertz CT molecular complexity index is 1120. The lowest BCUT2D eigenvalue weighted by Gasteiger charge is -2.12. The fourth-order valence-corrected chi connectivity index (χ4v) is 2.50. The number of carbonyl (C=O) groups is 1. The molecule has 0 atom stereocenters. The van der Waals surface area contributed by atoms with E-state index in [-0.39, 0.29) is 17.3 Å². The van der Waals surface area contributed by atoms with Crippen molar-refractivity contribution in [2.24, 2.45) is 0 Å². The van der Waals surface area contributed by atoms with Crippen LogP contribution in [0.2, 0.25) is 0 Å². The van der Waals surface area contributed by atoms with E-state index in [2.05, 4.69) is 30.9 Å². The summed E-state index contributed by atoms with van der Waals surface area (Å²) in [5, 5.41) is 14.2. The molecule has 2 aromatic carbocycles. The molecule has 0 saturated carbocycles. The molecule has 32 heavy (non-hydrogen) atoms. The number of benzene rings is 2. The van der Waals surface area contributed by atoms with Crippen LogP contribution in [-0.4, -0.2) is 27.2 Å². The Morgan fingerprint density at radius 3 is 2.25 bits per heavy atom. The first-order chi connectivity index (χ1) is 15.1. The quantitative estimate of drug-likeness (QED) is 0.364. The predicted octanol–water partition coefficient (Wildman–Crippen LogP) is 4.09. The maximum Gasteiger partial charge on any atom is 0.573 e. The van der Waals surface area contributed by atoms with Crippen LogP contribution in [0.25, 0.3) is 0 Å². The molecule has 1 heterocycles. The maximum absolute atomic E-state index is 12.3. The molecule has 3 rings (SSSR count). The monoisotopic (exact) mass is 448 g/mol. The number of amides is 1. The van der Waals surface area contributed by atoms with Gasteiger partial charge in [-0.15, -0.1) is 13.2 Å². The average molecular weight is 448 g/mol. The van der Waals surface area contributed by atoms with Crippen LogP contribution in [0, 0.1) is 17.0 Å². The number of nitro groups is 1. The van der Waals surface area contributed by atoms with Crippen molar-refractivity contribution in [3.63, 3.8) is 0 Å². The van der Waals surface area contributed by atoms with Gasteiger partial charge in [-0.1, -0.05) is 17.7 Å². The summed E-state index contributed by atoms with van der Waals surface area (Å²) in [5.74, 6) is -1.55. The molecule has 0 aliphatic carbocycles. The molecular weight excluding hydrogens is 433 g/mol. The van der Waals surface area contributed by atoms with Crippen molar-refractivity contribution in [2.75, 3.05) is 10.7 Å². The lowest BCUT2D eigenvalue weighted by molar-refractivity contribution is -0.383. The number of hydrazine groups is 1. The molecule has 3 aromatic rings. The SMILES string of the molecule is Cc1ccc(C(=O)NNc2ncnc(Nc3ccc(OC(F)(F)F)cc3)c2[N+](=O)[O-])cc1. The highest BCUT2D eigenvalue weighted by molar-refractivity contribution is 5.95. The smallest absolute Gasteiger partial charge is 0.406 e. The topological polar surface area (TPSA) is 131 Å². The van der Waals surface area contributed by atoms with Crippen molar-refractivity contribution in [1.82, 2.24) is 15.4 Å². The summed E-state index contributed by atoms with van der Waals surface area (Å²) < 4.78 is 40.6. The number of nitrogens with one attached hydrogen (secondary N) is 3. The van der Waals surface area contributed by atoms with E-state index in [1.165, 1.54) is 12.1 Å². The summed E-state index contributed by atoms with van der Waals surface area (Å²) in [7, 11) is 0. The first-order valence-electron chi connectivity index (χ1n) is 8.87. The first kappa shape index (κ1) is 22.3. The molecule has 0 bridgehead atoms. The average Bonchev–Trinajstić information content (AvgIpc) is 2.72. The Morgan fingerprint density at radius 2 is 1.66 bits per heavy atom. The summed E-state index contributed by atoms with van der Waals surface area (Å²) in [6.45, 7) is 1.86. The Morgan fingerprint density at radius 1 is 1.03 bits per heavy atom. The Hall–Kier alpha value is -4.42. The molecule has 0 fully saturated rings. The molecular formula is C19H15F3N6O4. The Balaban J connectivity index is 1.76. The van der Waals surface area contributed by atoms with Gasteiger partial charge in [-0.2, -0.15) is 0 Å². The highest BCUT2D eigenvalue weighted by atomic mass is 19.4. The van der Waals surface area contributed by atoms with E-state index >= 15 is 0 Å². The second kappa shape index (κ2) is 9.16. The van der Waals surface area contributed by atoms with Gasteiger partial charge in [0.25, 0.3) is 5.91 Å². The molecule has 0 aliphatic heterocycles. The van der Waals surface area contributed by atoms with Crippen LogP contribution in [0.1, 0.15) is 15.9 Å². The van der Waals surface area contributed by atoms with E-state index in [1.54, 1.807) is 24.3 Å². The molecule has 1 aromatic heterocycles. The van der Waals surface area contributed by atoms with Crippen molar-refractivity contribution >= 4 is 28.9 Å². The van der Waals surface area contributed by atoms with E-state index in [9.17, 15) is 28.1 Å². The highest BCUT2D eigenvalue weighted by Crippen LogP contribution is 2.31. The molecule has 10 nitrogen and oxygen atoms in total. The van der Waals surface area contributed by atoms with Gasteiger partial charge in [0.1, 0.15) is 12.1 Å². The van der Waals surface area contributed by atoms with Crippen molar-refractivity contribution in [1.29, 1.82) is 0 Å².